The second kappa shape index (κ2) is 4.45. The fourth-order valence-corrected chi connectivity index (χ4v) is 2.88. The van der Waals surface area contributed by atoms with Crippen molar-refractivity contribution in [1.82, 2.24) is 0 Å². The first-order chi connectivity index (χ1) is 7.69. The predicted molar refractivity (Wildman–Crippen MR) is 60.6 cm³/mol. The summed E-state index contributed by atoms with van der Waals surface area (Å²) in [4.78, 5) is 10.2. The lowest BCUT2D eigenvalue weighted by molar-refractivity contribution is 0.00358. The van der Waals surface area contributed by atoms with Crippen molar-refractivity contribution in [2.45, 2.75) is 4.93 Å². The van der Waals surface area contributed by atoms with Crippen molar-refractivity contribution in [2.24, 2.45) is 0 Å². The number of carboxylic acid groups (broad SMARTS) is 1. The van der Waals surface area contributed by atoms with Crippen molar-refractivity contribution in [1.29, 1.82) is 0 Å². The van der Waals surface area contributed by atoms with Gasteiger partial charge in [-0.3, -0.25) is 0 Å². The van der Waals surface area contributed by atoms with Crippen LogP contribution < -0.4 is 0 Å². The third-order valence-corrected chi connectivity index (χ3v) is 3.83. The number of rotatable bonds is 3. The van der Waals surface area contributed by atoms with Crippen molar-refractivity contribution in [3.8, 4) is 0 Å². The molecule has 1 saturated heterocycles. The van der Waals surface area contributed by atoms with Crippen molar-refractivity contribution < 1.29 is 19.7 Å². The zero-order valence-electron chi connectivity index (χ0n) is 8.55. The van der Waals surface area contributed by atoms with E-state index in [2.05, 4.69) is 0 Å². The summed E-state index contributed by atoms with van der Waals surface area (Å²) >= 11 is 1.44. The van der Waals surface area contributed by atoms with Crippen LogP contribution in [0, 0.1) is 0 Å². The first kappa shape index (κ1) is 11.4. The summed E-state index contributed by atoms with van der Waals surface area (Å²) in [7, 11) is 0. The van der Waals surface area contributed by atoms with E-state index in [9.17, 15) is 9.90 Å². The molecule has 2 N–H and O–H groups in total. The number of aliphatic hydroxyl groups is 1. The zero-order valence-corrected chi connectivity index (χ0v) is 9.37. The summed E-state index contributed by atoms with van der Waals surface area (Å²) in [5.41, 5.74) is 0.721. The maximum Gasteiger partial charge on any atom is 0.336 e. The van der Waals surface area contributed by atoms with E-state index in [1.165, 1.54) is 17.8 Å². The van der Waals surface area contributed by atoms with E-state index < -0.39 is 10.9 Å². The minimum atomic E-state index is -1.00. The fourth-order valence-electron chi connectivity index (χ4n) is 1.79. The molecule has 0 aliphatic carbocycles. The molecular weight excluding hydrogens is 228 g/mol. The molecule has 1 unspecified atom stereocenters. The molecule has 0 amide bonds. The molecule has 1 atom stereocenters. The van der Waals surface area contributed by atoms with Gasteiger partial charge in [-0.05, 0) is 6.07 Å². The summed E-state index contributed by atoms with van der Waals surface area (Å²) in [6, 6.07) is 6.63. The summed E-state index contributed by atoms with van der Waals surface area (Å²) in [5, 5.41) is 18.5. The van der Waals surface area contributed by atoms with Gasteiger partial charge in [-0.1, -0.05) is 18.2 Å². The van der Waals surface area contributed by atoms with Crippen LogP contribution in [0.3, 0.4) is 0 Å². The van der Waals surface area contributed by atoms with Gasteiger partial charge < -0.3 is 14.9 Å². The zero-order chi connectivity index (χ0) is 11.6. The maximum absolute atomic E-state index is 11.1. The van der Waals surface area contributed by atoms with Crippen LogP contribution in [0.15, 0.2) is 24.3 Å². The van der Waals surface area contributed by atoms with Gasteiger partial charge in [0.2, 0.25) is 0 Å². The first-order valence-corrected chi connectivity index (χ1v) is 5.90. The number of carbonyl (C=O) groups is 1. The van der Waals surface area contributed by atoms with Crippen LogP contribution in [0.4, 0.5) is 0 Å². The molecular formula is C11H12O4S. The van der Waals surface area contributed by atoms with Crippen LogP contribution in [0.1, 0.15) is 15.9 Å². The molecule has 1 aliphatic rings. The lowest BCUT2D eigenvalue weighted by Gasteiger charge is -2.26. The number of aliphatic hydroxyl groups excluding tert-OH is 1. The van der Waals surface area contributed by atoms with E-state index in [0.717, 1.165) is 5.75 Å². The first-order valence-electron chi connectivity index (χ1n) is 4.91. The van der Waals surface area contributed by atoms with Gasteiger partial charge in [-0.15, -0.1) is 11.8 Å². The highest BCUT2D eigenvalue weighted by atomic mass is 32.2. The van der Waals surface area contributed by atoms with Gasteiger partial charge in [-0.25, -0.2) is 4.79 Å². The topological polar surface area (TPSA) is 66.8 Å². The minimum Gasteiger partial charge on any atom is -0.478 e. The number of aromatic carboxylic acids is 1. The van der Waals surface area contributed by atoms with E-state index in [0.29, 0.717) is 12.2 Å². The molecule has 1 fully saturated rings. The normalized spacial score (nSPS) is 24.6. The Morgan fingerprint density at radius 2 is 2.25 bits per heavy atom. The van der Waals surface area contributed by atoms with Gasteiger partial charge in [0.05, 0.1) is 18.8 Å². The number of ether oxygens (including phenoxy) is 1. The van der Waals surface area contributed by atoms with Gasteiger partial charge >= 0.3 is 5.97 Å². The van der Waals surface area contributed by atoms with E-state index in [1.807, 2.05) is 0 Å². The molecule has 5 heteroatoms. The van der Waals surface area contributed by atoms with Crippen LogP contribution in [-0.4, -0.2) is 35.1 Å². The number of hydrogen-bond donors (Lipinski definition) is 2. The Hall–Kier alpha value is -1.04. The molecule has 0 saturated carbocycles. The predicted octanol–water partition coefficient (Wildman–Crippen LogP) is 1.29. The minimum absolute atomic E-state index is 0.186. The molecule has 0 aromatic heterocycles. The van der Waals surface area contributed by atoms with Gasteiger partial charge in [-0.2, -0.15) is 0 Å². The molecule has 1 heterocycles. The largest absolute Gasteiger partial charge is 0.478 e. The Kier molecular flexibility index (Phi) is 3.18. The highest BCUT2D eigenvalue weighted by Gasteiger charge is 2.40. The molecule has 86 valence electrons. The molecule has 0 radical (unpaired) electrons. The van der Waals surface area contributed by atoms with E-state index in [-0.39, 0.29) is 12.2 Å². The van der Waals surface area contributed by atoms with Gasteiger partial charge in [0.25, 0.3) is 0 Å². The highest BCUT2D eigenvalue weighted by molar-refractivity contribution is 8.00. The van der Waals surface area contributed by atoms with Gasteiger partial charge in [0.15, 0.2) is 4.93 Å². The number of benzene rings is 1. The monoisotopic (exact) mass is 240 g/mol. The Bertz CT molecular complexity index is 399. The Morgan fingerprint density at radius 1 is 1.50 bits per heavy atom. The third-order valence-electron chi connectivity index (χ3n) is 2.53. The van der Waals surface area contributed by atoms with Crippen LogP contribution in [0.25, 0.3) is 0 Å². The summed E-state index contributed by atoms with van der Waals surface area (Å²) < 4.78 is 5.52. The third kappa shape index (κ3) is 1.81. The van der Waals surface area contributed by atoms with E-state index in [4.69, 9.17) is 9.84 Å². The van der Waals surface area contributed by atoms with Crippen molar-refractivity contribution in [3.05, 3.63) is 35.4 Å². The molecule has 4 nitrogen and oxygen atoms in total. The molecule has 0 bridgehead atoms. The Balaban J connectivity index is 2.49. The standard InChI is InChI=1S/C11H12O4S/c12-7-11(15-5-6-16-11)9-4-2-1-3-8(9)10(13)14/h1-4,12H,5-7H2,(H,13,14). The highest BCUT2D eigenvalue weighted by Crippen LogP contribution is 2.43. The van der Waals surface area contributed by atoms with Crippen LogP contribution >= 0.6 is 11.8 Å². The number of carboxylic acids is 1. The Labute approximate surface area is 97.2 Å². The molecule has 2 rings (SSSR count). The number of thioether (sulfide) groups is 1. The van der Waals surface area contributed by atoms with Crippen LogP contribution in [0.5, 0.6) is 0 Å². The SMILES string of the molecule is O=C(O)c1ccccc1C1(CO)OCCS1. The van der Waals surface area contributed by atoms with Crippen LogP contribution in [-0.2, 0) is 9.67 Å². The van der Waals surface area contributed by atoms with Crippen molar-refractivity contribution in [2.75, 3.05) is 19.0 Å². The molecule has 1 aliphatic heterocycles. The smallest absolute Gasteiger partial charge is 0.336 e. The van der Waals surface area contributed by atoms with Crippen LogP contribution in [0.2, 0.25) is 0 Å². The second-order valence-corrected chi connectivity index (χ2v) is 4.82. The second-order valence-electron chi connectivity index (χ2n) is 3.46. The fraction of sp³-hybridized carbons (Fsp3) is 0.364. The van der Waals surface area contributed by atoms with Gasteiger partial charge in [0, 0.05) is 11.3 Å². The maximum atomic E-state index is 11.1. The summed E-state index contributed by atoms with van der Waals surface area (Å²) in [6.07, 6.45) is 0. The van der Waals surface area contributed by atoms with E-state index >= 15 is 0 Å². The molecule has 16 heavy (non-hydrogen) atoms. The lowest BCUT2D eigenvalue weighted by atomic mass is 10.0. The average molecular weight is 240 g/mol. The average Bonchev–Trinajstić information content (AvgIpc) is 2.78. The molecule has 1 aromatic rings. The molecule has 0 spiro atoms. The van der Waals surface area contributed by atoms with Gasteiger partial charge in [0.1, 0.15) is 0 Å². The number of hydrogen-bond acceptors (Lipinski definition) is 4. The van der Waals surface area contributed by atoms with Crippen molar-refractivity contribution >= 4 is 17.7 Å². The molecule has 1 aromatic carbocycles. The summed E-state index contributed by atoms with van der Waals surface area (Å²) in [6.45, 7) is 0.307. The van der Waals surface area contributed by atoms with Crippen molar-refractivity contribution in [3.63, 3.8) is 0 Å². The summed E-state index contributed by atoms with van der Waals surface area (Å²) in [5.74, 6) is -0.242. The Morgan fingerprint density at radius 3 is 2.81 bits per heavy atom. The van der Waals surface area contributed by atoms with E-state index in [1.54, 1.807) is 18.2 Å². The lowest BCUT2D eigenvalue weighted by Crippen LogP contribution is -2.28. The quantitative estimate of drug-likeness (QED) is 0.833.